The van der Waals surface area contributed by atoms with E-state index in [2.05, 4.69) is 38.9 Å². The minimum absolute atomic E-state index is 0.0250. The zero-order valence-electron chi connectivity index (χ0n) is 16.8. The lowest BCUT2D eigenvalue weighted by Crippen LogP contribution is -2.57. The topological polar surface area (TPSA) is 64.1 Å². The van der Waals surface area contributed by atoms with Crippen LogP contribution in [0, 0.1) is 0 Å². The van der Waals surface area contributed by atoms with E-state index in [4.69, 9.17) is 0 Å². The summed E-state index contributed by atoms with van der Waals surface area (Å²) in [6.45, 7) is 10.3. The smallest absolute Gasteiger partial charge is 0.239 e. The van der Waals surface area contributed by atoms with Gasteiger partial charge in [-0.25, -0.2) is 4.98 Å². The summed E-state index contributed by atoms with van der Waals surface area (Å²) in [4.78, 5) is 29.4. The van der Waals surface area contributed by atoms with Crippen LogP contribution in [0.4, 0.5) is 0 Å². The molecule has 0 bridgehead atoms. The first-order valence-corrected chi connectivity index (χ1v) is 10.9. The molecular formula is C19H32N6OS. The van der Waals surface area contributed by atoms with Crippen molar-refractivity contribution in [1.82, 2.24) is 25.0 Å². The Morgan fingerprint density at radius 3 is 2.52 bits per heavy atom. The summed E-state index contributed by atoms with van der Waals surface area (Å²) >= 11 is 1.75. The quantitative estimate of drug-likeness (QED) is 0.606. The van der Waals surface area contributed by atoms with Gasteiger partial charge in [0.1, 0.15) is 5.01 Å². The van der Waals surface area contributed by atoms with Crippen LogP contribution in [0.15, 0.2) is 11.2 Å². The summed E-state index contributed by atoms with van der Waals surface area (Å²) in [6.07, 6.45) is 5.28. The van der Waals surface area contributed by atoms with Gasteiger partial charge in [-0.3, -0.25) is 14.7 Å². The average molecular weight is 393 g/mol. The number of thiazole rings is 1. The summed E-state index contributed by atoms with van der Waals surface area (Å²) in [5.41, 5.74) is 0. The molecule has 2 fully saturated rings. The third kappa shape index (κ3) is 4.99. The third-order valence-electron chi connectivity index (χ3n) is 5.50. The number of amides is 1. The zero-order chi connectivity index (χ0) is 19.2. The Balaban J connectivity index is 1.47. The number of hydrogen-bond donors (Lipinski definition) is 1. The number of hydrogen-bond acceptors (Lipinski definition) is 5. The molecular weight excluding hydrogens is 360 g/mol. The Morgan fingerprint density at radius 2 is 1.93 bits per heavy atom. The molecule has 0 aliphatic carbocycles. The molecule has 2 aliphatic rings. The number of rotatable bonds is 5. The second-order valence-corrected chi connectivity index (χ2v) is 8.41. The number of piperazine rings is 1. The molecule has 3 rings (SSSR count). The molecule has 0 radical (unpaired) electrons. The lowest BCUT2D eigenvalue weighted by Gasteiger charge is -2.39. The number of nitrogens with one attached hydrogen (secondary N) is 1. The molecule has 1 aromatic heterocycles. The number of aromatic nitrogens is 1. The first-order valence-electron chi connectivity index (χ1n) is 10.0. The van der Waals surface area contributed by atoms with Gasteiger partial charge in [0.25, 0.3) is 0 Å². The van der Waals surface area contributed by atoms with E-state index in [0.717, 1.165) is 69.5 Å². The van der Waals surface area contributed by atoms with Gasteiger partial charge in [-0.15, -0.1) is 11.3 Å². The van der Waals surface area contributed by atoms with Crippen LogP contribution in [0.2, 0.25) is 0 Å². The molecule has 27 heavy (non-hydrogen) atoms. The van der Waals surface area contributed by atoms with Gasteiger partial charge < -0.3 is 15.1 Å². The summed E-state index contributed by atoms with van der Waals surface area (Å²) in [6, 6.07) is -0.0250. The van der Waals surface area contributed by atoms with Crippen LogP contribution in [-0.2, 0) is 17.8 Å². The lowest BCUT2D eigenvalue weighted by molar-refractivity contribution is -0.135. The number of aryl methyl sites for hydroxylation is 1. The van der Waals surface area contributed by atoms with Gasteiger partial charge in [0, 0.05) is 57.4 Å². The van der Waals surface area contributed by atoms with Crippen LogP contribution in [0.1, 0.15) is 36.6 Å². The van der Waals surface area contributed by atoms with Crippen molar-refractivity contribution in [3.05, 3.63) is 16.1 Å². The van der Waals surface area contributed by atoms with Crippen molar-refractivity contribution in [2.75, 3.05) is 46.3 Å². The van der Waals surface area contributed by atoms with Crippen molar-refractivity contribution in [3.8, 4) is 0 Å². The van der Waals surface area contributed by atoms with Crippen LogP contribution in [-0.4, -0.2) is 83.9 Å². The van der Waals surface area contributed by atoms with Gasteiger partial charge in [0.15, 0.2) is 5.96 Å². The molecule has 1 atom stereocenters. The highest BCUT2D eigenvalue weighted by atomic mass is 32.1. The van der Waals surface area contributed by atoms with E-state index in [9.17, 15) is 4.79 Å². The van der Waals surface area contributed by atoms with Crippen LogP contribution in [0.5, 0.6) is 0 Å². The SMILES string of the molecule is CCc1cnc(CNC(=NC)N2CCN(C(C)C(=O)N3CCCC3)CC2)s1. The minimum Gasteiger partial charge on any atom is -0.350 e. The summed E-state index contributed by atoms with van der Waals surface area (Å²) in [5.74, 6) is 1.21. The van der Waals surface area contributed by atoms with Crippen molar-refractivity contribution in [1.29, 1.82) is 0 Å². The molecule has 1 amide bonds. The fraction of sp³-hybridized carbons (Fsp3) is 0.737. The second-order valence-electron chi connectivity index (χ2n) is 7.21. The molecule has 1 unspecified atom stereocenters. The monoisotopic (exact) mass is 392 g/mol. The molecule has 8 heteroatoms. The molecule has 1 aromatic rings. The molecule has 150 valence electrons. The molecule has 0 aromatic carbocycles. The summed E-state index contributed by atoms with van der Waals surface area (Å²) in [5, 5.41) is 4.53. The van der Waals surface area contributed by atoms with E-state index in [1.165, 1.54) is 4.88 Å². The van der Waals surface area contributed by atoms with E-state index in [-0.39, 0.29) is 6.04 Å². The molecule has 2 aliphatic heterocycles. The Kier molecular flexibility index (Phi) is 7.07. The largest absolute Gasteiger partial charge is 0.350 e. The molecule has 0 saturated carbocycles. The van der Waals surface area contributed by atoms with E-state index < -0.39 is 0 Å². The number of guanidine groups is 1. The predicted octanol–water partition coefficient (Wildman–Crippen LogP) is 1.41. The molecule has 1 N–H and O–H groups in total. The maximum Gasteiger partial charge on any atom is 0.239 e. The molecule has 7 nitrogen and oxygen atoms in total. The van der Waals surface area contributed by atoms with Gasteiger partial charge >= 0.3 is 0 Å². The van der Waals surface area contributed by atoms with E-state index in [0.29, 0.717) is 12.5 Å². The Hall–Kier alpha value is -1.67. The Labute approximate surface area is 166 Å². The Morgan fingerprint density at radius 1 is 1.22 bits per heavy atom. The number of carbonyl (C=O) groups is 1. The van der Waals surface area contributed by atoms with Crippen molar-refractivity contribution >= 4 is 23.2 Å². The van der Waals surface area contributed by atoms with Crippen LogP contribution in [0.25, 0.3) is 0 Å². The van der Waals surface area contributed by atoms with Crippen LogP contribution in [0.3, 0.4) is 0 Å². The van der Waals surface area contributed by atoms with Gasteiger partial charge in [0.05, 0.1) is 12.6 Å². The molecule has 0 spiro atoms. The standard InChI is InChI=1S/C19H32N6OS/c1-4-16-13-21-17(27-16)14-22-19(20-3)25-11-9-23(10-12-25)15(2)18(26)24-7-5-6-8-24/h13,15H,4-12,14H2,1-3H3,(H,20,22). The minimum atomic E-state index is -0.0250. The highest BCUT2D eigenvalue weighted by Gasteiger charge is 2.30. The summed E-state index contributed by atoms with van der Waals surface area (Å²) < 4.78 is 0. The van der Waals surface area contributed by atoms with Gasteiger partial charge in [0.2, 0.25) is 5.91 Å². The first kappa shape index (κ1) is 20.1. The van der Waals surface area contributed by atoms with E-state index in [1.807, 2.05) is 18.1 Å². The zero-order valence-corrected chi connectivity index (χ0v) is 17.6. The maximum absolute atomic E-state index is 12.6. The number of aliphatic imine (C=N–C) groups is 1. The highest BCUT2D eigenvalue weighted by Crippen LogP contribution is 2.15. The van der Waals surface area contributed by atoms with Gasteiger partial charge in [-0.2, -0.15) is 0 Å². The lowest BCUT2D eigenvalue weighted by atomic mass is 10.2. The highest BCUT2D eigenvalue weighted by molar-refractivity contribution is 7.11. The van der Waals surface area contributed by atoms with E-state index in [1.54, 1.807) is 11.3 Å². The first-order chi connectivity index (χ1) is 13.1. The average Bonchev–Trinajstić information content (AvgIpc) is 3.40. The Bertz CT molecular complexity index is 646. The van der Waals surface area contributed by atoms with Crippen molar-refractivity contribution in [3.63, 3.8) is 0 Å². The van der Waals surface area contributed by atoms with Crippen molar-refractivity contribution in [2.24, 2.45) is 4.99 Å². The summed E-state index contributed by atoms with van der Waals surface area (Å²) in [7, 11) is 1.83. The van der Waals surface area contributed by atoms with Gasteiger partial charge in [-0.1, -0.05) is 6.92 Å². The maximum atomic E-state index is 12.6. The molecule has 3 heterocycles. The van der Waals surface area contributed by atoms with Gasteiger partial charge in [-0.05, 0) is 26.2 Å². The van der Waals surface area contributed by atoms with E-state index >= 15 is 0 Å². The molecule has 2 saturated heterocycles. The third-order valence-corrected chi connectivity index (χ3v) is 6.64. The predicted molar refractivity (Wildman–Crippen MR) is 110 cm³/mol. The fourth-order valence-electron chi connectivity index (χ4n) is 3.76. The normalized spacial score (nSPS) is 20.2. The van der Waals surface area contributed by atoms with Crippen molar-refractivity contribution in [2.45, 2.75) is 45.7 Å². The van der Waals surface area contributed by atoms with Crippen molar-refractivity contribution < 1.29 is 4.79 Å². The number of nitrogens with zero attached hydrogens (tertiary/aromatic N) is 5. The fourth-order valence-corrected chi connectivity index (χ4v) is 4.56. The van der Waals surface area contributed by atoms with Crippen LogP contribution < -0.4 is 5.32 Å². The number of carbonyl (C=O) groups excluding carboxylic acids is 1. The second kappa shape index (κ2) is 9.50. The number of likely N-dealkylation sites (tertiary alicyclic amines) is 1. The van der Waals surface area contributed by atoms with Crippen LogP contribution >= 0.6 is 11.3 Å².